The Morgan fingerprint density at radius 3 is 2.67 bits per heavy atom. The normalized spacial score (nSPS) is 10.6. The second-order valence-electron chi connectivity index (χ2n) is 5.42. The largest absolute Gasteiger partial charge is 0.490 e. The Morgan fingerprint density at radius 2 is 1.93 bits per heavy atom. The highest BCUT2D eigenvalue weighted by Gasteiger charge is 2.09. The lowest BCUT2D eigenvalue weighted by Gasteiger charge is -2.12. The molecule has 0 bridgehead atoms. The van der Waals surface area contributed by atoms with Gasteiger partial charge in [0.1, 0.15) is 0 Å². The number of benzene rings is 2. The van der Waals surface area contributed by atoms with E-state index in [4.69, 9.17) is 25.8 Å². The predicted molar refractivity (Wildman–Crippen MR) is 106 cm³/mol. The van der Waals surface area contributed by atoms with E-state index in [9.17, 15) is 4.79 Å². The minimum atomic E-state index is -0.422. The summed E-state index contributed by atoms with van der Waals surface area (Å²) in [6, 6.07) is 12.9. The van der Waals surface area contributed by atoms with Crippen molar-refractivity contribution >= 4 is 23.8 Å². The van der Waals surface area contributed by atoms with Gasteiger partial charge in [-0.05, 0) is 49.2 Å². The number of rotatable bonds is 10. The van der Waals surface area contributed by atoms with E-state index in [1.165, 1.54) is 0 Å². The van der Waals surface area contributed by atoms with Crippen molar-refractivity contribution in [1.29, 1.82) is 0 Å². The highest BCUT2D eigenvalue weighted by molar-refractivity contribution is 6.31. The van der Waals surface area contributed by atoms with E-state index in [2.05, 4.69) is 10.5 Å². The molecule has 0 aromatic heterocycles. The number of nitrogens with one attached hydrogen (secondary N) is 1. The SMILES string of the molecule is CCOC(=O)COc1ccc(/C=N\NCc2ccccc2Cl)cc1OCC. The van der Waals surface area contributed by atoms with Gasteiger partial charge in [0.15, 0.2) is 18.1 Å². The number of nitrogens with zero attached hydrogens (tertiary/aromatic N) is 1. The molecule has 0 spiro atoms. The summed E-state index contributed by atoms with van der Waals surface area (Å²) >= 11 is 6.11. The molecule has 0 aliphatic heterocycles. The van der Waals surface area contributed by atoms with Crippen LogP contribution in [0.2, 0.25) is 5.02 Å². The van der Waals surface area contributed by atoms with Gasteiger partial charge in [-0.1, -0.05) is 29.8 Å². The zero-order chi connectivity index (χ0) is 19.5. The lowest BCUT2D eigenvalue weighted by atomic mass is 10.2. The number of hydrazone groups is 1. The van der Waals surface area contributed by atoms with Crippen molar-refractivity contribution in [3.63, 3.8) is 0 Å². The second-order valence-corrected chi connectivity index (χ2v) is 5.82. The minimum absolute atomic E-state index is 0.166. The van der Waals surface area contributed by atoms with Gasteiger partial charge in [0.25, 0.3) is 0 Å². The lowest BCUT2D eigenvalue weighted by molar-refractivity contribution is -0.145. The molecule has 2 aromatic rings. The monoisotopic (exact) mass is 390 g/mol. The topological polar surface area (TPSA) is 69.2 Å². The zero-order valence-corrected chi connectivity index (χ0v) is 16.2. The van der Waals surface area contributed by atoms with Crippen LogP contribution in [0.4, 0.5) is 0 Å². The van der Waals surface area contributed by atoms with Crippen LogP contribution < -0.4 is 14.9 Å². The fraction of sp³-hybridized carbons (Fsp3) is 0.300. The maximum absolute atomic E-state index is 11.4. The van der Waals surface area contributed by atoms with E-state index in [0.29, 0.717) is 36.3 Å². The molecule has 0 radical (unpaired) electrons. The zero-order valence-electron chi connectivity index (χ0n) is 15.4. The van der Waals surface area contributed by atoms with Crippen molar-refractivity contribution in [2.45, 2.75) is 20.4 Å². The van der Waals surface area contributed by atoms with E-state index in [1.54, 1.807) is 25.3 Å². The summed E-state index contributed by atoms with van der Waals surface area (Å²) < 4.78 is 15.9. The average Bonchev–Trinajstić information content (AvgIpc) is 2.66. The van der Waals surface area contributed by atoms with Gasteiger partial charge in [-0.25, -0.2) is 4.79 Å². The van der Waals surface area contributed by atoms with E-state index >= 15 is 0 Å². The average molecular weight is 391 g/mol. The van der Waals surface area contributed by atoms with Crippen molar-refractivity contribution in [1.82, 2.24) is 5.43 Å². The first-order valence-corrected chi connectivity index (χ1v) is 9.06. The van der Waals surface area contributed by atoms with E-state index < -0.39 is 5.97 Å². The van der Waals surface area contributed by atoms with Gasteiger partial charge < -0.3 is 19.6 Å². The Hall–Kier alpha value is -2.73. The van der Waals surface area contributed by atoms with Gasteiger partial charge in [0, 0.05) is 5.02 Å². The van der Waals surface area contributed by atoms with Crippen molar-refractivity contribution in [2.75, 3.05) is 19.8 Å². The van der Waals surface area contributed by atoms with Gasteiger partial charge in [-0.15, -0.1) is 0 Å². The van der Waals surface area contributed by atoms with Crippen LogP contribution in [-0.2, 0) is 16.1 Å². The molecule has 0 saturated heterocycles. The molecule has 0 atom stereocenters. The summed E-state index contributed by atoms with van der Waals surface area (Å²) in [6.07, 6.45) is 1.68. The van der Waals surface area contributed by atoms with Crippen LogP contribution >= 0.6 is 11.6 Å². The third-order valence-electron chi connectivity index (χ3n) is 3.45. The Labute approximate surface area is 164 Å². The Balaban J connectivity index is 1.97. The van der Waals surface area contributed by atoms with Crippen LogP contribution in [0, 0.1) is 0 Å². The maximum Gasteiger partial charge on any atom is 0.344 e. The van der Waals surface area contributed by atoms with Gasteiger partial charge in [0.05, 0.1) is 26.0 Å². The molecule has 2 rings (SSSR count). The molecule has 0 aliphatic rings. The van der Waals surface area contributed by atoms with Crippen molar-refractivity contribution in [2.24, 2.45) is 5.10 Å². The molecule has 0 heterocycles. The molecular formula is C20H23ClN2O4. The summed E-state index contributed by atoms with van der Waals surface area (Å²) in [6.45, 7) is 4.77. The standard InChI is InChI=1S/C20H23ClN2O4/c1-3-25-19-11-15(9-10-18(19)27-14-20(24)26-4-2)12-22-23-13-16-7-5-6-8-17(16)21/h5-12,23H,3-4,13-14H2,1-2H3/b22-12-. The molecule has 6 nitrogen and oxygen atoms in total. The second kappa shape index (κ2) is 11.1. The number of carbonyl (C=O) groups excluding carboxylic acids is 1. The number of carbonyl (C=O) groups is 1. The quantitative estimate of drug-likeness (QED) is 0.379. The van der Waals surface area contributed by atoms with Gasteiger partial charge in [-0.2, -0.15) is 5.10 Å². The first kappa shape index (κ1) is 20.6. The van der Waals surface area contributed by atoms with Crippen LogP contribution in [0.3, 0.4) is 0 Å². The van der Waals surface area contributed by atoms with E-state index in [-0.39, 0.29) is 6.61 Å². The summed E-state index contributed by atoms with van der Waals surface area (Å²) in [5, 5.41) is 4.90. The molecular weight excluding hydrogens is 368 g/mol. The van der Waals surface area contributed by atoms with Crippen molar-refractivity contribution in [3.8, 4) is 11.5 Å². The van der Waals surface area contributed by atoms with Crippen LogP contribution in [0.25, 0.3) is 0 Å². The third kappa shape index (κ3) is 6.83. The van der Waals surface area contributed by atoms with Gasteiger partial charge in [-0.3, -0.25) is 0 Å². The summed E-state index contributed by atoms with van der Waals surface area (Å²) in [4.78, 5) is 11.4. The first-order valence-electron chi connectivity index (χ1n) is 8.68. The molecule has 144 valence electrons. The fourth-order valence-corrected chi connectivity index (χ4v) is 2.43. The summed E-state index contributed by atoms with van der Waals surface area (Å²) in [5.74, 6) is 0.595. The number of hydrogen-bond donors (Lipinski definition) is 1. The Bertz CT molecular complexity index is 780. The molecule has 0 unspecified atom stereocenters. The van der Waals surface area contributed by atoms with Gasteiger partial charge in [0.2, 0.25) is 0 Å². The number of ether oxygens (including phenoxy) is 3. The molecule has 0 fully saturated rings. The third-order valence-corrected chi connectivity index (χ3v) is 3.82. The molecule has 0 aliphatic carbocycles. The molecule has 27 heavy (non-hydrogen) atoms. The summed E-state index contributed by atoms with van der Waals surface area (Å²) in [7, 11) is 0. The van der Waals surface area contributed by atoms with Crippen LogP contribution in [-0.4, -0.2) is 32.0 Å². The van der Waals surface area contributed by atoms with Crippen molar-refractivity contribution < 1.29 is 19.0 Å². The number of halogens is 1. The smallest absolute Gasteiger partial charge is 0.344 e. The number of hydrogen-bond acceptors (Lipinski definition) is 6. The molecule has 0 saturated carbocycles. The first-order chi connectivity index (χ1) is 13.1. The Kier molecular flexibility index (Phi) is 8.45. The summed E-state index contributed by atoms with van der Waals surface area (Å²) in [5.41, 5.74) is 4.76. The molecule has 1 N–H and O–H groups in total. The van der Waals surface area contributed by atoms with E-state index in [0.717, 1.165) is 11.1 Å². The van der Waals surface area contributed by atoms with Gasteiger partial charge >= 0.3 is 5.97 Å². The van der Waals surface area contributed by atoms with Crippen LogP contribution in [0.1, 0.15) is 25.0 Å². The minimum Gasteiger partial charge on any atom is -0.490 e. The molecule has 2 aromatic carbocycles. The highest BCUT2D eigenvalue weighted by atomic mass is 35.5. The van der Waals surface area contributed by atoms with Crippen LogP contribution in [0.15, 0.2) is 47.6 Å². The predicted octanol–water partition coefficient (Wildman–Crippen LogP) is 3.80. The molecule has 7 heteroatoms. The highest BCUT2D eigenvalue weighted by Crippen LogP contribution is 2.28. The van der Waals surface area contributed by atoms with E-state index in [1.807, 2.05) is 37.3 Å². The number of esters is 1. The Morgan fingerprint density at radius 1 is 1.11 bits per heavy atom. The maximum atomic E-state index is 11.4. The van der Waals surface area contributed by atoms with Crippen LogP contribution in [0.5, 0.6) is 11.5 Å². The molecule has 0 amide bonds. The fourth-order valence-electron chi connectivity index (χ4n) is 2.22. The lowest BCUT2D eigenvalue weighted by Crippen LogP contribution is -2.15. The van der Waals surface area contributed by atoms with Crippen molar-refractivity contribution in [3.05, 3.63) is 58.6 Å².